The number of nitrogens with one attached hydrogen (secondary N) is 2. The summed E-state index contributed by atoms with van der Waals surface area (Å²) in [4.78, 5) is 3.98. The number of rotatable bonds is 8. The van der Waals surface area contributed by atoms with E-state index >= 15 is 0 Å². The Morgan fingerprint density at radius 1 is 1.26 bits per heavy atom. The topological polar surface area (TPSA) is 45.7 Å². The summed E-state index contributed by atoms with van der Waals surface area (Å²) < 4.78 is 39.7. The van der Waals surface area contributed by atoms with Crippen molar-refractivity contribution in [1.29, 1.82) is 0 Å². The van der Waals surface area contributed by atoms with Gasteiger partial charge < -0.3 is 15.4 Å². The van der Waals surface area contributed by atoms with Crippen LogP contribution in [0.2, 0.25) is 0 Å². The lowest BCUT2D eigenvalue weighted by Crippen LogP contribution is -2.39. The van der Waals surface area contributed by atoms with Gasteiger partial charge in [0.05, 0.1) is 0 Å². The first kappa shape index (κ1) is 21.4. The van der Waals surface area contributed by atoms with E-state index in [1.54, 1.807) is 18.8 Å². The van der Waals surface area contributed by atoms with Gasteiger partial charge >= 0.3 is 6.18 Å². The van der Waals surface area contributed by atoms with Gasteiger partial charge in [0.25, 0.3) is 0 Å². The number of nitrogens with zero attached hydrogens (tertiary/aromatic N) is 1. The van der Waals surface area contributed by atoms with Gasteiger partial charge in [0.1, 0.15) is 6.61 Å². The van der Waals surface area contributed by atoms with Crippen LogP contribution in [0.25, 0.3) is 0 Å². The number of ether oxygens (including phenoxy) is 1. The van der Waals surface area contributed by atoms with E-state index in [4.69, 9.17) is 0 Å². The van der Waals surface area contributed by atoms with Crippen molar-refractivity contribution >= 4 is 41.7 Å². The van der Waals surface area contributed by atoms with E-state index in [2.05, 4.69) is 20.4 Å². The van der Waals surface area contributed by atoms with Crippen molar-refractivity contribution in [3.63, 3.8) is 0 Å². The summed E-state index contributed by atoms with van der Waals surface area (Å²) in [5.74, 6) is 1.62. The molecule has 4 nitrogen and oxygen atoms in total. The Bertz CT molecular complexity index is 243. The Morgan fingerprint density at radius 3 is 2.42 bits per heavy atom. The molecule has 0 aromatic carbocycles. The van der Waals surface area contributed by atoms with E-state index in [0.29, 0.717) is 18.9 Å². The number of thioether (sulfide) groups is 1. The van der Waals surface area contributed by atoms with Crippen LogP contribution in [-0.2, 0) is 4.74 Å². The molecule has 0 radical (unpaired) electrons. The van der Waals surface area contributed by atoms with Gasteiger partial charge in [0.2, 0.25) is 0 Å². The Labute approximate surface area is 133 Å². The standard InChI is InChI=1S/C10H20F3N3OS.HI/c1-14-9(16-5-7-18-2)15-4-3-6-17-8-10(11,12)13;/h3-8H2,1-2H3,(H2,14,15,16);1H. The Balaban J connectivity index is 0. The van der Waals surface area contributed by atoms with Crippen molar-refractivity contribution < 1.29 is 17.9 Å². The molecular formula is C10H21F3IN3OS. The first-order chi connectivity index (χ1) is 8.49. The predicted molar refractivity (Wildman–Crippen MR) is 84.7 cm³/mol. The highest BCUT2D eigenvalue weighted by Gasteiger charge is 2.27. The number of aliphatic imine (C=N–C) groups is 1. The molecule has 0 aliphatic carbocycles. The highest BCUT2D eigenvalue weighted by Crippen LogP contribution is 2.14. The van der Waals surface area contributed by atoms with Gasteiger partial charge in [-0.2, -0.15) is 24.9 Å². The van der Waals surface area contributed by atoms with Crippen molar-refractivity contribution in [2.45, 2.75) is 12.6 Å². The zero-order valence-corrected chi connectivity index (χ0v) is 14.2. The first-order valence-corrected chi connectivity index (χ1v) is 6.97. The van der Waals surface area contributed by atoms with Crippen LogP contribution in [-0.4, -0.2) is 57.5 Å². The highest BCUT2D eigenvalue weighted by atomic mass is 127. The highest BCUT2D eigenvalue weighted by molar-refractivity contribution is 14.0. The summed E-state index contributed by atoms with van der Waals surface area (Å²) in [6, 6.07) is 0. The summed E-state index contributed by atoms with van der Waals surface area (Å²) in [6.07, 6.45) is -1.74. The van der Waals surface area contributed by atoms with Crippen LogP contribution in [0, 0.1) is 0 Å². The lowest BCUT2D eigenvalue weighted by atomic mass is 10.4. The third kappa shape index (κ3) is 16.0. The molecule has 0 bridgehead atoms. The number of guanidine groups is 1. The maximum atomic E-state index is 11.7. The molecule has 0 heterocycles. The third-order valence-corrected chi connectivity index (χ3v) is 2.46. The molecule has 9 heteroatoms. The van der Waals surface area contributed by atoms with E-state index < -0.39 is 12.8 Å². The maximum Gasteiger partial charge on any atom is 0.411 e. The largest absolute Gasteiger partial charge is 0.411 e. The minimum absolute atomic E-state index is 0. The lowest BCUT2D eigenvalue weighted by molar-refractivity contribution is -0.173. The number of hydrogen-bond acceptors (Lipinski definition) is 3. The summed E-state index contributed by atoms with van der Waals surface area (Å²) in [5.41, 5.74) is 0. The van der Waals surface area contributed by atoms with Crippen LogP contribution in [0.15, 0.2) is 4.99 Å². The van der Waals surface area contributed by atoms with Crippen LogP contribution in [0.5, 0.6) is 0 Å². The molecule has 0 fully saturated rings. The van der Waals surface area contributed by atoms with Crippen LogP contribution in [0.1, 0.15) is 6.42 Å². The van der Waals surface area contributed by atoms with Crippen LogP contribution in [0.3, 0.4) is 0 Å². The van der Waals surface area contributed by atoms with Gasteiger partial charge in [-0.25, -0.2) is 0 Å². The van der Waals surface area contributed by atoms with Crippen LogP contribution < -0.4 is 10.6 Å². The second-order valence-corrected chi connectivity index (χ2v) is 4.43. The average molecular weight is 415 g/mol. The van der Waals surface area contributed by atoms with Crippen molar-refractivity contribution in [2.75, 3.05) is 45.4 Å². The smallest absolute Gasteiger partial charge is 0.372 e. The summed E-state index contributed by atoms with van der Waals surface area (Å²) in [6.45, 7) is 0.213. The van der Waals surface area contributed by atoms with Crippen molar-refractivity contribution in [3.8, 4) is 0 Å². The minimum Gasteiger partial charge on any atom is -0.372 e. The van der Waals surface area contributed by atoms with E-state index in [1.807, 2.05) is 6.26 Å². The van der Waals surface area contributed by atoms with Crippen LogP contribution >= 0.6 is 35.7 Å². The zero-order valence-electron chi connectivity index (χ0n) is 11.0. The molecule has 0 aromatic heterocycles. The minimum atomic E-state index is -4.25. The molecular weight excluding hydrogens is 394 g/mol. The van der Waals surface area contributed by atoms with Gasteiger partial charge in [-0.05, 0) is 12.7 Å². The molecule has 0 aliphatic heterocycles. The monoisotopic (exact) mass is 415 g/mol. The van der Waals surface area contributed by atoms with Gasteiger partial charge in [-0.15, -0.1) is 24.0 Å². The van der Waals surface area contributed by atoms with Gasteiger partial charge in [-0.1, -0.05) is 0 Å². The summed E-state index contributed by atoms with van der Waals surface area (Å²) >= 11 is 1.72. The van der Waals surface area contributed by atoms with E-state index in [-0.39, 0.29) is 30.6 Å². The average Bonchev–Trinajstić information content (AvgIpc) is 2.30. The molecule has 0 spiro atoms. The van der Waals surface area contributed by atoms with E-state index in [1.165, 1.54) is 0 Å². The second kappa shape index (κ2) is 13.1. The molecule has 0 atom stereocenters. The zero-order chi connectivity index (χ0) is 13.9. The molecule has 0 saturated carbocycles. The normalized spacial score (nSPS) is 11.9. The molecule has 0 rings (SSSR count). The number of alkyl halides is 3. The quantitative estimate of drug-likeness (QED) is 0.276. The fourth-order valence-corrected chi connectivity index (χ4v) is 1.37. The van der Waals surface area contributed by atoms with Gasteiger partial charge in [-0.3, -0.25) is 4.99 Å². The molecule has 0 aromatic rings. The van der Waals surface area contributed by atoms with Gasteiger partial charge in [0, 0.05) is 32.5 Å². The SMILES string of the molecule is CN=C(NCCCOCC(F)(F)F)NCCSC.I. The molecule has 0 saturated heterocycles. The molecule has 19 heavy (non-hydrogen) atoms. The van der Waals surface area contributed by atoms with E-state index in [0.717, 1.165) is 12.3 Å². The predicted octanol–water partition coefficient (Wildman–Crippen LogP) is 2.10. The Kier molecular flexibility index (Phi) is 14.8. The Morgan fingerprint density at radius 2 is 1.89 bits per heavy atom. The van der Waals surface area contributed by atoms with Gasteiger partial charge in [0.15, 0.2) is 5.96 Å². The molecule has 0 amide bonds. The molecule has 2 N–H and O–H groups in total. The molecule has 116 valence electrons. The fourth-order valence-electron chi connectivity index (χ4n) is 1.06. The number of halogens is 4. The van der Waals surface area contributed by atoms with E-state index in [9.17, 15) is 13.2 Å². The second-order valence-electron chi connectivity index (χ2n) is 3.44. The maximum absolute atomic E-state index is 11.7. The lowest BCUT2D eigenvalue weighted by Gasteiger charge is -2.11. The fraction of sp³-hybridized carbons (Fsp3) is 0.900. The molecule has 0 aliphatic rings. The van der Waals surface area contributed by atoms with Crippen molar-refractivity contribution in [2.24, 2.45) is 4.99 Å². The Hall–Kier alpha value is 0.1000. The summed E-state index contributed by atoms with van der Waals surface area (Å²) in [5, 5.41) is 6.08. The number of hydrogen-bond donors (Lipinski definition) is 2. The first-order valence-electron chi connectivity index (χ1n) is 5.57. The summed E-state index contributed by atoms with van der Waals surface area (Å²) in [7, 11) is 1.65. The molecule has 0 unspecified atom stereocenters. The van der Waals surface area contributed by atoms with Crippen molar-refractivity contribution in [1.82, 2.24) is 10.6 Å². The third-order valence-electron chi connectivity index (χ3n) is 1.85. The van der Waals surface area contributed by atoms with Crippen LogP contribution in [0.4, 0.5) is 13.2 Å². The van der Waals surface area contributed by atoms with Crippen molar-refractivity contribution in [3.05, 3.63) is 0 Å².